The lowest BCUT2D eigenvalue weighted by Crippen LogP contribution is -2.32. The Hall–Kier alpha value is -1.22. The Morgan fingerprint density at radius 3 is 2.43 bits per heavy atom. The van der Waals surface area contributed by atoms with Crippen LogP contribution in [0.4, 0.5) is 4.39 Å². The minimum Gasteiger partial charge on any atom is -0.319 e. The molecule has 0 heterocycles. The summed E-state index contributed by atoms with van der Waals surface area (Å²) in [6.07, 6.45) is 0.920. The second kappa shape index (κ2) is 4.86. The molecular formula is C11H14FNO. The number of rotatable bonds is 4. The summed E-state index contributed by atoms with van der Waals surface area (Å²) in [5.74, 6) is -0.338. The molecule has 0 bridgehead atoms. The van der Waals surface area contributed by atoms with E-state index in [0.717, 1.165) is 12.0 Å². The Labute approximate surface area is 82.9 Å². The highest BCUT2D eigenvalue weighted by molar-refractivity contribution is 6.00. The van der Waals surface area contributed by atoms with Gasteiger partial charge in [-0.3, -0.25) is 4.79 Å². The number of nitrogens with two attached hydrogens (primary N) is 1. The van der Waals surface area contributed by atoms with Crippen LogP contribution in [-0.4, -0.2) is 18.5 Å². The zero-order chi connectivity index (χ0) is 10.6. The van der Waals surface area contributed by atoms with Crippen molar-refractivity contribution in [3.8, 4) is 0 Å². The number of aryl methyl sites for hydroxylation is 1. The number of alkyl halides is 1. The zero-order valence-electron chi connectivity index (χ0n) is 8.16. The van der Waals surface area contributed by atoms with Gasteiger partial charge in [0.15, 0.2) is 5.78 Å². The minimum absolute atomic E-state index is 0.338. The zero-order valence-corrected chi connectivity index (χ0v) is 8.16. The van der Waals surface area contributed by atoms with Crippen LogP contribution in [0.1, 0.15) is 22.8 Å². The van der Waals surface area contributed by atoms with E-state index in [1.165, 1.54) is 0 Å². The van der Waals surface area contributed by atoms with Crippen molar-refractivity contribution < 1.29 is 9.18 Å². The van der Waals surface area contributed by atoms with Crippen LogP contribution >= 0.6 is 0 Å². The van der Waals surface area contributed by atoms with Crippen molar-refractivity contribution in [3.05, 3.63) is 35.4 Å². The highest BCUT2D eigenvalue weighted by Gasteiger charge is 2.14. The molecule has 0 saturated heterocycles. The molecule has 3 heteroatoms. The second-order valence-electron chi connectivity index (χ2n) is 3.18. The van der Waals surface area contributed by atoms with Gasteiger partial charge < -0.3 is 5.73 Å². The normalized spacial score (nSPS) is 12.5. The standard InChI is InChI=1S/C11H14FNO/c1-2-8-3-5-9(6-4-8)11(14)10(13)7-12/h3-6,10H,2,7,13H2,1H3. The molecule has 0 aliphatic rings. The van der Waals surface area contributed by atoms with Gasteiger partial charge in [0.2, 0.25) is 0 Å². The van der Waals surface area contributed by atoms with Gasteiger partial charge in [0.25, 0.3) is 0 Å². The lowest BCUT2D eigenvalue weighted by atomic mass is 10.0. The molecule has 0 saturated carbocycles. The van der Waals surface area contributed by atoms with Gasteiger partial charge in [0.1, 0.15) is 6.67 Å². The molecule has 0 aliphatic heterocycles. The maximum absolute atomic E-state index is 12.1. The van der Waals surface area contributed by atoms with Gasteiger partial charge in [-0.15, -0.1) is 0 Å². The summed E-state index contributed by atoms with van der Waals surface area (Å²) in [7, 11) is 0. The molecule has 0 aromatic heterocycles. The summed E-state index contributed by atoms with van der Waals surface area (Å²) in [6, 6.07) is 6.08. The van der Waals surface area contributed by atoms with Gasteiger partial charge in [-0.05, 0) is 12.0 Å². The molecule has 2 nitrogen and oxygen atoms in total. The van der Waals surface area contributed by atoms with E-state index in [-0.39, 0.29) is 5.78 Å². The number of ketones is 1. The van der Waals surface area contributed by atoms with Gasteiger partial charge in [-0.2, -0.15) is 0 Å². The van der Waals surface area contributed by atoms with E-state index in [2.05, 4.69) is 0 Å². The summed E-state index contributed by atoms with van der Waals surface area (Å²) in [4.78, 5) is 11.4. The molecule has 0 aliphatic carbocycles. The third-order valence-corrected chi connectivity index (χ3v) is 2.15. The molecule has 1 aromatic carbocycles. The van der Waals surface area contributed by atoms with E-state index in [1.807, 2.05) is 19.1 Å². The topological polar surface area (TPSA) is 43.1 Å². The van der Waals surface area contributed by atoms with Crippen LogP contribution in [0.5, 0.6) is 0 Å². The molecule has 76 valence electrons. The van der Waals surface area contributed by atoms with Crippen molar-refractivity contribution in [2.75, 3.05) is 6.67 Å². The van der Waals surface area contributed by atoms with E-state index in [4.69, 9.17) is 5.73 Å². The van der Waals surface area contributed by atoms with Crippen LogP contribution in [0.3, 0.4) is 0 Å². The molecule has 0 radical (unpaired) electrons. The SMILES string of the molecule is CCc1ccc(C(=O)C(N)CF)cc1. The predicted molar refractivity (Wildman–Crippen MR) is 54.1 cm³/mol. The van der Waals surface area contributed by atoms with Gasteiger partial charge >= 0.3 is 0 Å². The van der Waals surface area contributed by atoms with E-state index >= 15 is 0 Å². The lowest BCUT2D eigenvalue weighted by Gasteiger charge is -2.06. The van der Waals surface area contributed by atoms with Gasteiger partial charge in [-0.25, -0.2) is 4.39 Å². The molecule has 2 N–H and O–H groups in total. The maximum Gasteiger partial charge on any atom is 0.182 e. The first-order chi connectivity index (χ1) is 6.69. The van der Waals surface area contributed by atoms with Gasteiger partial charge in [0, 0.05) is 5.56 Å². The molecule has 1 unspecified atom stereocenters. The van der Waals surface area contributed by atoms with Crippen molar-refractivity contribution in [2.45, 2.75) is 19.4 Å². The molecule has 14 heavy (non-hydrogen) atoms. The molecule has 0 amide bonds. The Balaban J connectivity index is 2.81. The summed E-state index contributed by atoms with van der Waals surface area (Å²) in [5.41, 5.74) is 6.92. The Bertz CT molecular complexity index is 308. The van der Waals surface area contributed by atoms with E-state index < -0.39 is 12.7 Å². The Kier molecular flexibility index (Phi) is 3.77. The van der Waals surface area contributed by atoms with Crippen molar-refractivity contribution in [1.29, 1.82) is 0 Å². The summed E-state index contributed by atoms with van der Waals surface area (Å²) >= 11 is 0. The van der Waals surface area contributed by atoms with E-state index in [1.54, 1.807) is 12.1 Å². The molecular weight excluding hydrogens is 181 g/mol. The van der Waals surface area contributed by atoms with Crippen LogP contribution in [-0.2, 0) is 6.42 Å². The average Bonchev–Trinajstić information content (AvgIpc) is 2.27. The smallest absolute Gasteiger partial charge is 0.182 e. The number of hydrogen-bond acceptors (Lipinski definition) is 2. The van der Waals surface area contributed by atoms with Crippen molar-refractivity contribution in [2.24, 2.45) is 5.73 Å². The lowest BCUT2D eigenvalue weighted by molar-refractivity contribution is 0.0949. The highest BCUT2D eigenvalue weighted by Crippen LogP contribution is 2.07. The summed E-state index contributed by atoms with van der Waals surface area (Å²) < 4.78 is 12.1. The number of halogens is 1. The molecule has 0 spiro atoms. The average molecular weight is 195 g/mol. The van der Waals surface area contributed by atoms with Crippen LogP contribution in [0.15, 0.2) is 24.3 Å². The Morgan fingerprint density at radius 1 is 1.43 bits per heavy atom. The molecule has 1 rings (SSSR count). The van der Waals surface area contributed by atoms with Crippen molar-refractivity contribution in [3.63, 3.8) is 0 Å². The monoisotopic (exact) mass is 195 g/mol. The summed E-state index contributed by atoms with van der Waals surface area (Å²) in [5, 5.41) is 0. The summed E-state index contributed by atoms with van der Waals surface area (Å²) in [6.45, 7) is 1.22. The quantitative estimate of drug-likeness (QED) is 0.743. The fraction of sp³-hybridized carbons (Fsp3) is 0.364. The molecule has 1 aromatic rings. The van der Waals surface area contributed by atoms with Crippen molar-refractivity contribution >= 4 is 5.78 Å². The fourth-order valence-corrected chi connectivity index (χ4v) is 1.19. The van der Waals surface area contributed by atoms with Crippen LogP contribution in [0.25, 0.3) is 0 Å². The molecule has 0 fully saturated rings. The third-order valence-electron chi connectivity index (χ3n) is 2.15. The molecule has 1 atom stereocenters. The second-order valence-corrected chi connectivity index (χ2v) is 3.18. The first-order valence-electron chi connectivity index (χ1n) is 4.63. The number of Topliss-reactive ketones (excluding diaryl/α,β-unsaturated/α-hetero) is 1. The number of hydrogen-bond donors (Lipinski definition) is 1. The number of benzene rings is 1. The van der Waals surface area contributed by atoms with Crippen LogP contribution in [0, 0.1) is 0 Å². The highest BCUT2D eigenvalue weighted by atomic mass is 19.1. The van der Waals surface area contributed by atoms with Gasteiger partial charge in [0.05, 0.1) is 6.04 Å². The van der Waals surface area contributed by atoms with Crippen molar-refractivity contribution in [1.82, 2.24) is 0 Å². The maximum atomic E-state index is 12.1. The Morgan fingerprint density at radius 2 is 2.00 bits per heavy atom. The van der Waals surface area contributed by atoms with Gasteiger partial charge in [-0.1, -0.05) is 31.2 Å². The predicted octanol–water partition coefficient (Wildman–Crippen LogP) is 1.73. The van der Waals surface area contributed by atoms with E-state index in [0.29, 0.717) is 5.56 Å². The van der Waals surface area contributed by atoms with E-state index in [9.17, 15) is 9.18 Å². The number of carbonyl (C=O) groups excluding carboxylic acids is 1. The first kappa shape index (κ1) is 10.9. The number of carbonyl (C=O) groups is 1. The van der Waals surface area contributed by atoms with Crippen LogP contribution < -0.4 is 5.73 Å². The van der Waals surface area contributed by atoms with Crippen LogP contribution in [0.2, 0.25) is 0 Å². The largest absolute Gasteiger partial charge is 0.319 e. The first-order valence-corrected chi connectivity index (χ1v) is 4.63. The fourth-order valence-electron chi connectivity index (χ4n) is 1.19. The third kappa shape index (κ3) is 2.39. The minimum atomic E-state index is -1.03.